The van der Waals surface area contributed by atoms with Crippen molar-refractivity contribution in [2.24, 2.45) is 11.8 Å². The third kappa shape index (κ3) is 17.5. The highest BCUT2D eigenvalue weighted by atomic mass is 16.6. The highest BCUT2D eigenvalue weighted by molar-refractivity contribution is 4.83. The number of hydrogen-bond donors (Lipinski definition) is 4. The molecule has 0 aromatic heterocycles. The van der Waals surface area contributed by atoms with E-state index < -0.39 is 66.3 Å². The monoisotopic (exact) mass is 724 g/mol. The molecule has 18 nitrogen and oxygen atoms in total. The molecule has 0 saturated carbocycles. The number of rotatable bonds is 27. The van der Waals surface area contributed by atoms with Gasteiger partial charge in [-0.2, -0.15) is 0 Å². The summed E-state index contributed by atoms with van der Waals surface area (Å²) in [5.41, 5.74) is -5.62. The Kier molecular flexibility index (Phi) is 18.8. The van der Waals surface area contributed by atoms with Gasteiger partial charge in [0.15, 0.2) is 0 Å². The maximum atomic E-state index is 11.5. The van der Waals surface area contributed by atoms with Crippen LogP contribution >= 0.6 is 0 Å². The average Bonchev–Trinajstić information content (AvgIpc) is 2.90. The van der Waals surface area contributed by atoms with Gasteiger partial charge in [0.2, 0.25) is 22.2 Å². The summed E-state index contributed by atoms with van der Waals surface area (Å²) in [7, 11) is 0. The SMILES string of the molecule is CCC(CC(C)CN(CC(O)CC(C)(C)[N+](=O)[O-])CC(O)CC(C)(C)[N+](=O)[O-])CN(CC(O)CC(C)(C)[N+](=O)[O-])CC(O)CC(C)(C)[N+](=O)[O-]. The van der Waals surface area contributed by atoms with Gasteiger partial charge < -0.3 is 20.4 Å². The van der Waals surface area contributed by atoms with Gasteiger partial charge in [0.05, 0.1) is 24.4 Å². The second kappa shape index (κ2) is 19.8. The number of nitro groups is 4. The lowest BCUT2D eigenvalue weighted by Gasteiger charge is -2.34. The third-order valence-electron chi connectivity index (χ3n) is 9.19. The van der Waals surface area contributed by atoms with Gasteiger partial charge in [-0.15, -0.1) is 0 Å². The Labute approximate surface area is 295 Å². The molecule has 0 aliphatic carbocycles. The van der Waals surface area contributed by atoms with Gasteiger partial charge in [0, 0.05) is 140 Å². The highest BCUT2D eigenvalue weighted by Crippen LogP contribution is 2.24. The zero-order chi connectivity index (χ0) is 39.4. The van der Waals surface area contributed by atoms with Gasteiger partial charge in [-0.05, 0) is 18.3 Å². The van der Waals surface area contributed by atoms with Crippen molar-refractivity contribution in [1.82, 2.24) is 9.80 Å². The first-order valence-electron chi connectivity index (χ1n) is 17.3. The topological polar surface area (TPSA) is 260 Å². The molecule has 0 aromatic rings. The second-order valence-electron chi connectivity index (χ2n) is 16.8. The smallest absolute Gasteiger partial charge is 0.219 e. The molecular formula is C32H64N6O12. The van der Waals surface area contributed by atoms with Crippen LogP contribution < -0.4 is 0 Å². The lowest BCUT2D eigenvalue weighted by Crippen LogP contribution is -2.47. The fraction of sp³-hybridized carbons (Fsp3) is 1.00. The van der Waals surface area contributed by atoms with Crippen LogP contribution in [-0.4, -0.2) is 136 Å². The van der Waals surface area contributed by atoms with E-state index in [1.807, 2.05) is 13.8 Å². The fourth-order valence-electron chi connectivity index (χ4n) is 6.32. The van der Waals surface area contributed by atoms with Crippen molar-refractivity contribution in [3.63, 3.8) is 0 Å². The zero-order valence-corrected chi connectivity index (χ0v) is 31.7. The number of aliphatic hydroxyl groups excluding tert-OH is 4. The lowest BCUT2D eigenvalue weighted by molar-refractivity contribution is -0.563. The standard InChI is InChI=1S/C32H64N6O12/c1-11-24(18-34(21-27(41)15-31(7,8)37(47)48)22-28(42)16-32(9,10)38(49)50)12-23(2)17-33(19-25(39)13-29(3,4)35(43)44)20-26(40)14-30(5,6)36(45)46/h23-28,39-42H,11-22H2,1-10H3. The molecule has 0 saturated heterocycles. The van der Waals surface area contributed by atoms with Crippen LogP contribution in [0, 0.1) is 52.3 Å². The van der Waals surface area contributed by atoms with Crippen molar-refractivity contribution in [2.45, 2.75) is 154 Å². The van der Waals surface area contributed by atoms with Crippen molar-refractivity contribution < 1.29 is 40.1 Å². The van der Waals surface area contributed by atoms with E-state index in [4.69, 9.17) is 0 Å². The Bertz CT molecular complexity index is 1030. The van der Waals surface area contributed by atoms with Gasteiger partial charge in [-0.1, -0.05) is 20.3 Å². The second-order valence-corrected chi connectivity index (χ2v) is 16.8. The van der Waals surface area contributed by atoms with Crippen molar-refractivity contribution >= 4 is 0 Å². The Morgan fingerprint density at radius 1 is 0.500 bits per heavy atom. The van der Waals surface area contributed by atoms with Gasteiger partial charge in [0.25, 0.3) is 0 Å². The van der Waals surface area contributed by atoms with E-state index in [9.17, 15) is 60.9 Å². The molecule has 0 aromatic carbocycles. The molecule has 0 fully saturated rings. The van der Waals surface area contributed by atoms with Crippen LogP contribution in [0.15, 0.2) is 0 Å². The Balaban J connectivity index is 6.03. The van der Waals surface area contributed by atoms with E-state index >= 15 is 0 Å². The van der Waals surface area contributed by atoms with Gasteiger partial charge >= 0.3 is 0 Å². The summed E-state index contributed by atoms with van der Waals surface area (Å²) in [5, 5.41) is 89.3. The molecule has 294 valence electrons. The first-order valence-corrected chi connectivity index (χ1v) is 17.3. The van der Waals surface area contributed by atoms with Crippen LogP contribution in [0.3, 0.4) is 0 Å². The van der Waals surface area contributed by atoms with Crippen LogP contribution in [0.1, 0.15) is 108 Å². The van der Waals surface area contributed by atoms with Crippen LogP contribution in [-0.2, 0) is 0 Å². The quantitative estimate of drug-likeness (QED) is 0.0702. The molecule has 0 spiro atoms. The molecule has 0 heterocycles. The van der Waals surface area contributed by atoms with E-state index in [1.165, 1.54) is 55.4 Å². The number of nitrogens with zero attached hydrogens (tertiary/aromatic N) is 6. The molecule has 6 atom stereocenters. The Morgan fingerprint density at radius 2 is 0.740 bits per heavy atom. The normalized spacial score (nSPS) is 16.9. The van der Waals surface area contributed by atoms with Crippen molar-refractivity contribution in [3.8, 4) is 0 Å². The molecule has 0 aliphatic rings. The van der Waals surface area contributed by atoms with E-state index in [0.29, 0.717) is 25.9 Å². The molecule has 0 rings (SSSR count). The summed E-state index contributed by atoms with van der Waals surface area (Å²) >= 11 is 0. The first kappa shape index (κ1) is 47.4. The average molecular weight is 725 g/mol. The van der Waals surface area contributed by atoms with Crippen LogP contribution in [0.25, 0.3) is 0 Å². The molecule has 0 aliphatic heterocycles. The molecule has 50 heavy (non-hydrogen) atoms. The van der Waals surface area contributed by atoms with Crippen LogP contribution in [0.2, 0.25) is 0 Å². The van der Waals surface area contributed by atoms with E-state index in [1.54, 1.807) is 9.80 Å². The van der Waals surface area contributed by atoms with E-state index in [-0.39, 0.29) is 63.7 Å². The van der Waals surface area contributed by atoms with Crippen molar-refractivity contribution in [2.75, 3.05) is 39.3 Å². The minimum absolute atomic E-state index is 0.0128. The van der Waals surface area contributed by atoms with Gasteiger partial charge in [0.1, 0.15) is 0 Å². The summed E-state index contributed by atoms with van der Waals surface area (Å²) in [6, 6.07) is 0. The maximum absolute atomic E-state index is 11.5. The minimum atomic E-state index is -1.40. The fourth-order valence-corrected chi connectivity index (χ4v) is 6.32. The molecule has 18 heteroatoms. The van der Waals surface area contributed by atoms with E-state index in [0.717, 1.165) is 0 Å². The molecule has 0 amide bonds. The largest absolute Gasteiger partial charge is 0.392 e. The van der Waals surface area contributed by atoms with Crippen LogP contribution in [0.4, 0.5) is 0 Å². The highest BCUT2D eigenvalue weighted by Gasteiger charge is 2.38. The molecular weight excluding hydrogens is 660 g/mol. The summed E-state index contributed by atoms with van der Waals surface area (Å²) in [4.78, 5) is 47.6. The first-order chi connectivity index (χ1) is 22.5. The molecule has 0 radical (unpaired) electrons. The van der Waals surface area contributed by atoms with Gasteiger partial charge in [-0.25, -0.2) is 0 Å². The summed E-state index contributed by atoms with van der Waals surface area (Å²) in [5.74, 6) is -0.111. The zero-order valence-electron chi connectivity index (χ0n) is 31.7. The Morgan fingerprint density at radius 3 is 0.960 bits per heavy atom. The molecule has 4 N–H and O–H groups in total. The van der Waals surface area contributed by atoms with Crippen molar-refractivity contribution in [3.05, 3.63) is 40.5 Å². The number of aliphatic hydroxyl groups is 4. The molecule has 6 unspecified atom stereocenters. The van der Waals surface area contributed by atoms with E-state index in [2.05, 4.69) is 0 Å². The minimum Gasteiger partial charge on any atom is -0.392 e. The predicted octanol–water partition coefficient (Wildman–Crippen LogP) is 2.87. The summed E-state index contributed by atoms with van der Waals surface area (Å²) in [6.45, 7) is 15.8. The predicted molar refractivity (Wildman–Crippen MR) is 187 cm³/mol. The number of hydrogen-bond acceptors (Lipinski definition) is 14. The van der Waals surface area contributed by atoms with Crippen LogP contribution in [0.5, 0.6) is 0 Å². The Hall–Kier alpha value is -2.64. The van der Waals surface area contributed by atoms with Crippen molar-refractivity contribution in [1.29, 1.82) is 0 Å². The molecule has 0 bridgehead atoms. The summed E-state index contributed by atoms with van der Waals surface area (Å²) in [6.07, 6.45) is -3.84. The summed E-state index contributed by atoms with van der Waals surface area (Å²) < 4.78 is 0. The van der Waals surface area contributed by atoms with Gasteiger partial charge in [-0.3, -0.25) is 50.3 Å². The third-order valence-corrected chi connectivity index (χ3v) is 9.19. The maximum Gasteiger partial charge on any atom is 0.219 e. The lowest BCUT2D eigenvalue weighted by atomic mass is 9.91.